The van der Waals surface area contributed by atoms with Gasteiger partial charge in [0.1, 0.15) is 0 Å². The van der Waals surface area contributed by atoms with Gasteiger partial charge in [-0.1, -0.05) is 6.92 Å². The Balaban J connectivity index is 2.60. The van der Waals surface area contributed by atoms with Gasteiger partial charge in [0.15, 0.2) is 11.5 Å². The largest absolute Gasteiger partial charge is 0.490 e. The predicted molar refractivity (Wildman–Crippen MR) is 93.7 cm³/mol. The molecule has 1 aromatic carbocycles. The van der Waals surface area contributed by atoms with Crippen molar-refractivity contribution in [2.75, 3.05) is 26.4 Å². The van der Waals surface area contributed by atoms with Crippen LogP contribution < -0.4 is 14.8 Å². The number of unbranched alkanes of at least 4 members (excludes halogenated alkanes) is 2. The van der Waals surface area contributed by atoms with E-state index in [2.05, 4.69) is 34.2 Å². The first-order valence-corrected chi connectivity index (χ1v) is 8.91. The Labute approximate surface area is 142 Å². The van der Waals surface area contributed by atoms with Crippen LogP contribution in [0.2, 0.25) is 0 Å². The summed E-state index contributed by atoms with van der Waals surface area (Å²) < 4.78 is 12.4. The summed E-state index contributed by atoms with van der Waals surface area (Å²) in [6.07, 6.45) is 3.99. The average Bonchev–Trinajstić information content (AvgIpc) is 2.50. The van der Waals surface area contributed by atoms with Crippen LogP contribution in [0, 0.1) is 0 Å². The first kappa shape index (κ1) is 19.3. The lowest BCUT2D eigenvalue weighted by Gasteiger charge is -2.15. The van der Waals surface area contributed by atoms with Crippen molar-refractivity contribution in [2.45, 2.75) is 46.1 Å². The van der Waals surface area contributed by atoms with Gasteiger partial charge in [0.25, 0.3) is 0 Å². The summed E-state index contributed by atoms with van der Waals surface area (Å²) in [6, 6.07) is 4.12. The Morgan fingerprint density at radius 3 is 2.64 bits per heavy atom. The minimum Gasteiger partial charge on any atom is -0.490 e. The molecule has 4 nitrogen and oxygen atoms in total. The molecule has 126 valence electrons. The highest BCUT2D eigenvalue weighted by Crippen LogP contribution is 2.37. The number of aliphatic hydroxyl groups is 1. The van der Waals surface area contributed by atoms with Gasteiger partial charge in [-0.3, -0.25) is 0 Å². The molecule has 0 spiro atoms. The lowest BCUT2D eigenvalue weighted by molar-refractivity contribution is 0.275. The van der Waals surface area contributed by atoms with Crippen molar-refractivity contribution < 1.29 is 14.6 Å². The van der Waals surface area contributed by atoms with E-state index in [0.29, 0.717) is 13.2 Å². The molecule has 0 heterocycles. The van der Waals surface area contributed by atoms with Crippen LogP contribution in [-0.4, -0.2) is 31.5 Å². The molecule has 0 saturated carbocycles. The lowest BCUT2D eigenvalue weighted by atomic mass is 10.2. The number of benzene rings is 1. The van der Waals surface area contributed by atoms with E-state index in [1.807, 2.05) is 13.0 Å². The van der Waals surface area contributed by atoms with Crippen LogP contribution in [0.15, 0.2) is 16.6 Å². The molecule has 5 heteroatoms. The van der Waals surface area contributed by atoms with Gasteiger partial charge in [0.2, 0.25) is 0 Å². The van der Waals surface area contributed by atoms with Gasteiger partial charge in [-0.2, -0.15) is 0 Å². The zero-order valence-electron chi connectivity index (χ0n) is 13.7. The highest BCUT2D eigenvalue weighted by molar-refractivity contribution is 9.10. The first-order chi connectivity index (χ1) is 10.7. The molecule has 0 bridgehead atoms. The molecule has 1 rings (SSSR count). The molecule has 2 N–H and O–H groups in total. The third-order valence-corrected chi connectivity index (χ3v) is 3.75. The summed E-state index contributed by atoms with van der Waals surface area (Å²) in [6.45, 7) is 7.40. The maximum absolute atomic E-state index is 8.75. The van der Waals surface area contributed by atoms with Gasteiger partial charge in [0, 0.05) is 13.2 Å². The van der Waals surface area contributed by atoms with Gasteiger partial charge in [-0.05, 0) is 72.8 Å². The lowest BCUT2D eigenvalue weighted by Crippen LogP contribution is -2.15. The molecular weight excluding hydrogens is 346 g/mol. The van der Waals surface area contributed by atoms with Crippen LogP contribution in [0.5, 0.6) is 11.5 Å². The predicted octanol–water partition coefficient (Wildman–Crippen LogP) is 3.89. The standard InChI is InChI=1S/C17H28BrNO3/c1-3-10-22-17-15(18)11-14(12-16(17)21-4-2)13-19-8-6-5-7-9-20/h11-12,19-20H,3-10,13H2,1-2H3. The summed E-state index contributed by atoms with van der Waals surface area (Å²) in [5.74, 6) is 1.58. The molecule has 1 aromatic rings. The normalized spacial score (nSPS) is 10.7. The fourth-order valence-corrected chi connectivity index (χ4v) is 2.71. The number of ether oxygens (including phenoxy) is 2. The highest BCUT2D eigenvalue weighted by Gasteiger charge is 2.12. The summed E-state index contributed by atoms with van der Waals surface area (Å²) in [5, 5.41) is 12.2. The number of hydrogen-bond donors (Lipinski definition) is 2. The second-order valence-electron chi connectivity index (χ2n) is 5.15. The number of aliphatic hydroxyl groups excluding tert-OH is 1. The molecule has 0 amide bonds. The van der Waals surface area contributed by atoms with Crippen molar-refractivity contribution in [3.05, 3.63) is 22.2 Å². The molecule has 0 aliphatic rings. The minimum absolute atomic E-state index is 0.282. The Bertz CT molecular complexity index is 427. The Kier molecular flexibility index (Phi) is 10.3. The topological polar surface area (TPSA) is 50.7 Å². The molecule has 22 heavy (non-hydrogen) atoms. The Morgan fingerprint density at radius 1 is 1.14 bits per heavy atom. The molecule has 0 radical (unpaired) electrons. The quantitative estimate of drug-likeness (QED) is 0.545. The van der Waals surface area contributed by atoms with E-state index < -0.39 is 0 Å². The zero-order valence-corrected chi connectivity index (χ0v) is 15.2. The van der Waals surface area contributed by atoms with Crippen molar-refractivity contribution in [2.24, 2.45) is 0 Å². The Morgan fingerprint density at radius 2 is 1.95 bits per heavy atom. The van der Waals surface area contributed by atoms with Crippen molar-refractivity contribution in [3.8, 4) is 11.5 Å². The summed E-state index contributed by atoms with van der Waals surface area (Å²) in [7, 11) is 0. The van der Waals surface area contributed by atoms with Gasteiger partial charge in [0.05, 0.1) is 17.7 Å². The molecule has 0 aliphatic carbocycles. The van der Waals surface area contributed by atoms with Gasteiger partial charge in [-0.15, -0.1) is 0 Å². The monoisotopic (exact) mass is 373 g/mol. The van der Waals surface area contributed by atoms with Gasteiger partial charge in [-0.25, -0.2) is 0 Å². The van der Waals surface area contributed by atoms with Crippen LogP contribution in [0.1, 0.15) is 45.1 Å². The molecule has 0 aromatic heterocycles. The number of hydrogen-bond acceptors (Lipinski definition) is 4. The molecule has 0 unspecified atom stereocenters. The molecular formula is C17H28BrNO3. The summed E-state index contributed by atoms with van der Waals surface area (Å²) in [4.78, 5) is 0. The van der Waals surface area contributed by atoms with E-state index in [1.54, 1.807) is 0 Å². The third-order valence-electron chi connectivity index (χ3n) is 3.16. The maximum Gasteiger partial charge on any atom is 0.175 e. The van der Waals surface area contributed by atoms with E-state index >= 15 is 0 Å². The van der Waals surface area contributed by atoms with Crippen LogP contribution >= 0.6 is 15.9 Å². The van der Waals surface area contributed by atoms with Crippen molar-refractivity contribution in [1.29, 1.82) is 0 Å². The van der Waals surface area contributed by atoms with E-state index in [9.17, 15) is 0 Å². The van der Waals surface area contributed by atoms with Crippen LogP contribution in [0.4, 0.5) is 0 Å². The maximum atomic E-state index is 8.75. The van der Waals surface area contributed by atoms with Crippen LogP contribution in [0.3, 0.4) is 0 Å². The van der Waals surface area contributed by atoms with Crippen LogP contribution in [0.25, 0.3) is 0 Å². The fourth-order valence-electron chi connectivity index (χ4n) is 2.10. The van der Waals surface area contributed by atoms with E-state index in [0.717, 1.165) is 54.7 Å². The molecule has 0 aliphatic heterocycles. The summed E-state index contributed by atoms with van der Waals surface area (Å²) in [5.41, 5.74) is 1.17. The van der Waals surface area contributed by atoms with E-state index in [4.69, 9.17) is 14.6 Å². The molecule has 0 saturated heterocycles. The zero-order chi connectivity index (χ0) is 16.2. The third kappa shape index (κ3) is 6.99. The highest BCUT2D eigenvalue weighted by atomic mass is 79.9. The molecule has 0 fully saturated rings. The van der Waals surface area contributed by atoms with Crippen molar-refractivity contribution in [3.63, 3.8) is 0 Å². The molecule has 0 atom stereocenters. The second kappa shape index (κ2) is 11.7. The minimum atomic E-state index is 0.282. The van der Waals surface area contributed by atoms with E-state index in [1.165, 1.54) is 5.56 Å². The van der Waals surface area contributed by atoms with Crippen molar-refractivity contribution >= 4 is 15.9 Å². The fraction of sp³-hybridized carbons (Fsp3) is 0.647. The first-order valence-electron chi connectivity index (χ1n) is 8.12. The average molecular weight is 374 g/mol. The van der Waals surface area contributed by atoms with Gasteiger partial charge >= 0.3 is 0 Å². The van der Waals surface area contributed by atoms with Crippen molar-refractivity contribution in [1.82, 2.24) is 5.32 Å². The number of halogens is 1. The van der Waals surface area contributed by atoms with Crippen LogP contribution in [-0.2, 0) is 6.54 Å². The number of nitrogens with one attached hydrogen (secondary N) is 1. The SMILES string of the molecule is CCCOc1c(Br)cc(CNCCCCCO)cc1OCC. The second-order valence-corrected chi connectivity index (χ2v) is 6.00. The smallest absolute Gasteiger partial charge is 0.175 e. The number of rotatable bonds is 12. The summed E-state index contributed by atoms with van der Waals surface area (Å²) >= 11 is 3.58. The van der Waals surface area contributed by atoms with Gasteiger partial charge < -0.3 is 19.9 Å². The Hall–Kier alpha value is -0.780. The van der Waals surface area contributed by atoms with E-state index in [-0.39, 0.29) is 6.61 Å².